The van der Waals surface area contributed by atoms with E-state index in [2.05, 4.69) is 0 Å². The van der Waals surface area contributed by atoms with E-state index in [1.165, 1.54) is 6.07 Å². The van der Waals surface area contributed by atoms with Gasteiger partial charge in [-0.2, -0.15) is 0 Å². The van der Waals surface area contributed by atoms with Crippen molar-refractivity contribution in [3.8, 4) is 5.75 Å². The van der Waals surface area contributed by atoms with Crippen LogP contribution >= 0.6 is 11.3 Å². The SMILES string of the molecule is Cc1ccsc1C(CN)Oc1ccccc1F. The summed E-state index contributed by atoms with van der Waals surface area (Å²) in [6.07, 6.45) is -0.285. The number of para-hydroxylation sites is 1. The second-order valence-electron chi connectivity index (χ2n) is 3.74. The number of aryl methyl sites for hydroxylation is 1. The molecule has 0 saturated heterocycles. The first-order valence-electron chi connectivity index (χ1n) is 5.37. The summed E-state index contributed by atoms with van der Waals surface area (Å²) in [5.41, 5.74) is 6.82. The van der Waals surface area contributed by atoms with Crippen LogP contribution in [0, 0.1) is 12.7 Å². The summed E-state index contributed by atoms with van der Waals surface area (Å²) in [5, 5.41) is 1.98. The molecule has 0 aliphatic carbocycles. The Balaban J connectivity index is 2.22. The van der Waals surface area contributed by atoms with Gasteiger partial charge in [0.1, 0.15) is 6.10 Å². The normalized spacial score (nSPS) is 12.4. The summed E-state index contributed by atoms with van der Waals surface area (Å²) >= 11 is 1.58. The van der Waals surface area contributed by atoms with Crippen LogP contribution in [0.4, 0.5) is 4.39 Å². The van der Waals surface area contributed by atoms with Gasteiger partial charge in [0.25, 0.3) is 0 Å². The lowest BCUT2D eigenvalue weighted by molar-refractivity contribution is 0.207. The van der Waals surface area contributed by atoms with Crippen molar-refractivity contribution in [1.29, 1.82) is 0 Å². The Bertz CT molecular complexity index is 498. The molecule has 0 bridgehead atoms. The van der Waals surface area contributed by atoms with Crippen LogP contribution in [-0.4, -0.2) is 6.54 Å². The zero-order chi connectivity index (χ0) is 12.3. The number of hydrogen-bond acceptors (Lipinski definition) is 3. The number of hydrogen-bond donors (Lipinski definition) is 1. The Morgan fingerprint density at radius 2 is 2.12 bits per heavy atom. The van der Waals surface area contributed by atoms with Crippen LogP contribution in [0.2, 0.25) is 0 Å². The summed E-state index contributed by atoms with van der Waals surface area (Å²) in [6, 6.07) is 8.38. The van der Waals surface area contributed by atoms with Gasteiger partial charge in [0.05, 0.1) is 0 Å². The van der Waals surface area contributed by atoms with E-state index < -0.39 is 0 Å². The first-order valence-corrected chi connectivity index (χ1v) is 6.25. The molecule has 2 nitrogen and oxygen atoms in total. The van der Waals surface area contributed by atoms with Gasteiger partial charge in [-0.1, -0.05) is 12.1 Å². The quantitative estimate of drug-likeness (QED) is 0.905. The highest BCUT2D eigenvalue weighted by atomic mass is 32.1. The minimum atomic E-state index is -0.361. The molecule has 1 atom stereocenters. The first-order chi connectivity index (χ1) is 8.22. The highest BCUT2D eigenvalue weighted by Crippen LogP contribution is 2.29. The maximum Gasteiger partial charge on any atom is 0.165 e. The molecule has 0 spiro atoms. The minimum Gasteiger partial charge on any atom is -0.480 e. The fraction of sp³-hybridized carbons (Fsp3) is 0.231. The van der Waals surface area contributed by atoms with Gasteiger partial charge in [0.15, 0.2) is 11.6 Å². The van der Waals surface area contributed by atoms with Crippen LogP contribution in [-0.2, 0) is 0 Å². The van der Waals surface area contributed by atoms with Gasteiger partial charge in [0.2, 0.25) is 0 Å². The van der Waals surface area contributed by atoms with E-state index in [-0.39, 0.29) is 17.7 Å². The lowest BCUT2D eigenvalue weighted by Gasteiger charge is -2.17. The smallest absolute Gasteiger partial charge is 0.165 e. The van der Waals surface area contributed by atoms with Gasteiger partial charge < -0.3 is 10.5 Å². The van der Waals surface area contributed by atoms with Gasteiger partial charge in [-0.3, -0.25) is 0 Å². The second kappa shape index (κ2) is 5.29. The molecule has 2 N–H and O–H groups in total. The molecule has 0 aliphatic rings. The van der Waals surface area contributed by atoms with Crippen LogP contribution in [0.15, 0.2) is 35.7 Å². The van der Waals surface area contributed by atoms with E-state index in [1.54, 1.807) is 29.5 Å². The summed E-state index contributed by atoms with van der Waals surface area (Å²) < 4.78 is 19.1. The first kappa shape index (κ1) is 12.1. The number of benzene rings is 1. The van der Waals surface area contributed by atoms with E-state index in [0.717, 1.165) is 10.4 Å². The fourth-order valence-corrected chi connectivity index (χ4v) is 2.59. The van der Waals surface area contributed by atoms with Crippen LogP contribution < -0.4 is 10.5 Å². The van der Waals surface area contributed by atoms with Crippen molar-refractivity contribution in [3.05, 3.63) is 52.0 Å². The van der Waals surface area contributed by atoms with Crippen LogP contribution in [0.1, 0.15) is 16.5 Å². The molecule has 0 amide bonds. The summed E-state index contributed by atoms with van der Waals surface area (Å²) in [6.45, 7) is 2.33. The number of nitrogens with two attached hydrogens (primary N) is 1. The molecule has 0 aliphatic heterocycles. The van der Waals surface area contributed by atoms with Crippen molar-refractivity contribution >= 4 is 11.3 Å². The molecule has 1 aromatic heterocycles. The molecule has 2 aromatic rings. The zero-order valence-corrected chi connectivity index (χ0v) is 10.3. The molecule has 2 rings (SSSR count). The Labute approximate surface area is 104 Å². The topological polar surface area (TPSA) is 35.2 Å². The molecule has 1 aromatic carbocycles. The van der Waals surface area contributed by atoms with Crippen molar-refractivity contribution in [2.24, 2.45) is 5.73 Å². The summed E-state index contributed by atoms with van der Waals surface area (Å²) in [7, 11) is 0. The third kappa shape index (κ3) is 2.65. The maximum absolute atomic E-state index is 13.5. The van der Waals surface area contributed by atoms with E-state index in [0.29, 0.717) is 6.54 Å². The molecular formula is C13H14FNOS. The van der Waals surface area contributed by atoms with Crippen LogP contribution in [0.3, 0.4) is 0 Å². The second-order valence-corrected chi connectivity index (χ2v) is 4.69. The van der Waals surface area contributed by atoms with Gasteiger partial charge in [0, 0.05) is 11.4 Å². The lowest BCUT2D eigenvalue weighted by atomic mass is 10.2. The van der Waals surface area contributed by atoms with Gasteiger partial charge in [-0.25, -0.2) is 4.39 Å². The van der Waals surface area contributed by atoms with Crippen molar-refractivity contribution < 1.29 is 9.13 Å². The monoisotopic (exact) mass is 251 g/mol. The standard InChI is InChI=1S/C13H14FNOS/c1-9-6-7-17-13(9)12(8-15)16-11-5-3-2-4-10(11)14/h2-7,12H,8,15H2,1H3. The van der Waals surface area contributed by atoms with Crippen molar-refractivity contribution in [3.63, 3.8) is 0 Å². The van der Waals surface area contributed by atoms with Crippen LogP contribution in [0.25, 0.3) is 0 Å². The highest BCUT2D eigenvalue weighted by molar-refractivity contribution is 7.10. The Morgan fingerprint density at radius 1 is 1.35 bits per heavy atom. The minimum absolute atomic E-state index is 0.246. The Hall–Kier alpha value is -1.39. The molecule has 0 fully saturated rings. The number of halogens is 1. The number of rotatable bonds is 4. The van der Waals surface area contributed by atoms with Crippen molar-refractivity contribution in [2.75, 3.05) is 6.54 Å². The third-order valence-corrected chi connectivity index (χ3v) is 3.63. The molecule has 90 valence electrons. The Kier molecular flexibility index (Phi) is 3.76. The predicted molar refractivity (Wildman–Crippen MR) is 67.9 cm³/mol. The molecular weight excluding hydrogens is 237 g/mol. The van der Waals surface area contributed by atoms with E-state index in [9.17, 15) is 4.39 Å². The Morgan fingerprint density at radius 3 is 2.71 bits per heavy atom. The van der Waals surface area contributed by atoms with Crippen molar-refractivity contribution in [2.45, 2.75) is 13.0 Å². The predicted octanol–water partition coefficient (Wildman–Crippen LogP) is 3.27. The van der Waals surface area contributed by atoms with Gasteiger partial charge in [-0.05, 0) is 36.1 Å². The molecule has 1 unspecified atom stereocenters. The molecule has 0 radical (unpaired) electrons. The molecule has 17 heavy (non-hydrogen) atoms. The van der Waals surface area contributed by atoms with E-state index in [1.807, 2.05) is 18.4 Å². The fourth-order valence-electron chi connectivity index (χ4n) is 1.62. The molecule has 4 heteroatoms. The number of ether oxygens (including phenoxy) is 1. The van der Waals surface area contributed by atoms with Gasteiger partial charge >= 0.3 is 0 Å². The molecule has 1 heterocycles. The third-order valence-electron chi connectivity index (χ3n) is 2.51. The largest absolute Gasteiger partial charge is 0.480 e. The average Bonchev–Trinajstić information content (AvgIpc) is 2.75. The van der Waals surface area contributed by atoms with E-state index in [4.69, 9.17) is 10.5 Å². The average molecular weight is 251 g/mol. The summed E-state index contributed by atoms with van der Waals surface area (Å²) in [5.74, 6) is -0.115. The maximum atomic E-state index is 13.5. The van der Waals surface area contributed by atoms with Crippen LogP contribution in [0.5, 0.6) is 5.75 Å². The van der Waals surface area contributed by atoms with Gasteiger partial charge in [-0.15, -0.1) is 11.3 Å². The lowest BCUT2D eigenvalue weighted by Crippen LogP contribution is -2.18. The zero-order valence-electron chi connectivity index (χ0n) is 9.52. The van der Waals surface area contributed by atoms with E-state index >= 15 is 0 Å². The summed E-state index contributed by atoms with van der Waals surface area (Å²) in [4.78, 5) is 1.05. The van der Waals surface area contributed by atoms with Crippen molar-refractivity contribution in [1.82, 2.24) is 0 Å². The molecule has 0 saturated carbocycles. The highest BCUT2D eigenvalue weighted by Gasteiger charge is 2.16. The number of thiophene rings is 1.